The van der Waals surface area contributed by atoms with Gasteiger partial charge in [-0.25, -0.2) is 4.39 Å². The van der Waals surface area contributed by atoms with Crippen molar-refractivity contribution >= 4 is 21.6 Å². The average molecular weight is 274 g/mol. The molecule has 0 bridgehead atoms. The molecule has 1 aliphatic heterocycles. The summed E-state index contributed by atoms with van der Waals surface area (Å²) in [5.41, 5.74) is 0.922. The van der Waals surface area contributed by atoms with Crippen LogP contribution in [-0.2, 0) is 4.74 Å². The van der Waals surface area contributed by atoms with Gasteiger partial charge in [-0.3, -0.25) is 0 Å². The lowest BCUT2D eigenvalue weighted by atomic mass is 10.1. The van der Waals surface area contributed by atoms with E-state index in [0.29, 0.717) is 10.5 Å². The third kappa shape index (κ3) is 2.49. The molecule has 2 rings (SSSR count). The Hall–Kier alpha value is -0.610. The maximum Gasteiger partial charge on any atom is 0.137 e. The van der Waals surface area contributed by atoms with E-state index in [0.717, 1.165) is 18.7 Å². The minimum absolute atomic E-state index is 0.217. The summed E-state index contributed by atoms with van der Waals surface area (Å²) in [4.78, 5) is 0. The summed E-state index contributed by atoms with van der Waals surface area (Å²) >= 11 is 3.16. The van der Waals surface area contributed by atoms with Crippen LogP contribution < -0.4 is 5.32 Å². The van der Waals surface area contributed by atoms with Crippen LogP contribution in [0.3, 0.4) is 0 Å². The fourth-order valence-corrected chi connectivity index (χ4v) is 2.10. The van der Waals surface area contributed by atoms with E-state index in [1.807, 2.05) is 6.92 Å². The van der Waals surface area contributed by atoms with Gasteiger partial charge in [0, 0.05) is 12.3 Å². The second-order valence-electron chi connectivity index (χ2n) is 3.74. The van der Waals surface area contributed by atoms with E-state index >= 15 is 0 Å². The van der Waals surface area contributed by atoms with Crippen LogP contribution in [0.5, 0.6) is 0 Å². The molecule has 0 aromatic heterocycles. The molecule has 15 heavy (non-hydrogen) atoms. The predicted molar refractivity (Wildman–Crippen MR) is 61.5 cm³/mol. The van der Waals surface area contributed by atoms with Crippen LogP contribution in [0.2, 0.25) is 0 Å². The topological polar surface area (TPSA) is 21.3 Å². The Balaban J connectivity index is 2.07. The number of halogens is 2. The van der Waals surface area contributed by atoms with Gasteiger partial charge in [-0.2, -0.15) is 0 Å². The standard InChI is InChI=1S/C11H13BrFNO/c1-7-11(4-5-15-7)14-8-2-3-10(13)9(12)6-8/h2-3,6-7,11,14H,4-5H2,1H3/t7-,11+/m1/s1. The third-order valence-electron chi connectivity index (χ3n) is 2.65. The Morgan fingerprint density at radius 1 is 1.53 bits per heavy atom. The molecule has 0 aliphatic carbocycles. The Kier molecular flexibility index (Phi) is 3.26. The number of rotatable bonds is 2. The van der Waals surface area contributed by atoms with Crippen LogP contribution in [0.25, 0.3) is 0 Å². The molecule has 1 fully saturated rings. The minimum Gasteiger partial charge on any atom is -0.380 e. The summed E-state index contributed by atoms with van der Waals surface area (Å²) < 4.78 is 18.9. The quantitative estimate of drug-likeness (QED) is 0.894. The van der Waals surface area contributed by atoms with E-state index in [-0.39, 0.29) is 11.9 Å². The highest BCUT2D eigenvalue weighted by atomic mass is 79.9. The number of anilines is 1. The van der Waals surface area contributed by atoms with Gasteiger partial charge in [-0.15, -0.1) is 0 Å². The van der Waals surface area contributed by atoms with Crippen molar-refractivity contribution in [3.05, 3.63) is 28.5 Å². The van der Waals surface area contributed by atoms with Gasteiger partial charge in [-0.1, -0.05) is 0 Å². The molecule has 1 aliphatic rings. The van der Waals surface area contributed by atoms with Crippen molar-refractivity contribution in [1.82, 2.24) is 0 Å². The van der Waals surface area contributed by atoms with E-state index in [4.69, 9.17) is 4.74 Å². The van der Waals surface area contributed by atoms with Gasteiger partial charge in [0.15, 0.2) is 0 Å². The molecule has 1 heterocycles. The highest BCUT2D eigenvalue weighted by molar-refractivity contribution is 9.10. The minimum atomic E-state index is -0.240. The van der Waals surface area contributed by atoms with Crippen LogP contribution in [0.1, 0.15) is 13.3 Å². The van der Waals surface area contributed by atoms with E-state index < -0.39 is 0 Å². The summed E-state index contributed by atoms with van der Waals surface area (Å²) in [5.74, 6) is -0.240. The van der Waals surface area contributed by atoms with Crippen molar-refractivity contribution in [3.63, 3.8) is 0 Å². The lowest BCUT2D eigenvalue weighted by Gasteiger charge is -2.17. The Morgan fingerprint density at radius 3 is 2.93 bits per heavy atom. The number of ether oxygens (including phenoxy) is 1. The predicted octanol–water partition coefficient (Wildman–Crippen LogP) is 3.18. The monoisotopic (exact) mass is 273 g/mol. The van der Waals surface area contributed by atoms with Crippen molar-refractivity contribution in [2.75, 3.05) is 11.9 Å². The van der Waals surface area contributed by atoms with Crippen LogP contribution in [0.4, 0.5) is 10.1 Å². The van der Waals surface area contributed by atoms with Gasteiger partial charge < -0.3 is 10.1 Å². The van der Waals surface area contributed by atoms with Crippen LogP contribution in [-0.4, -0.2) is 18.8 Å². The largest absolute Gasteiger partial charge is 0.380 e. The number of hydrogen-bond donors (Lipinski definition) is 1. The molecule has 0 unspecified atom stereocenters. The zero-order valence-corrected chi connectivity index (χ0v) is 10.1. The van der Waals surface area contributed by atoms with Gasteiger partial charge in [0.25, 0.3) is 0 Å². The molecular weight excluding hydrogens is 261 g/mol. The number of benzene rings is 1. The van der Waals surface area contributed by atoms with Gasteiger partial charge in [-0.05, 0) is 47.5 Å². The highest BCUT2D eigenvalue weighted by Crippen LogP contribution is 2.23. The third-order valence-corrected chi connectivity index (χ3v) is 3.26. The molecule has 2 nitrogen and oxygen atoms in total. The Morgan fingerprint density at radius 2 is 2.33 bits per heavy atom. The molecule has 1 N–H and O–H groups in total. The molecule has 2 atom stereocenters. The van der Waals surface area contributed by atoms with E-state index in [1.165, 1.54) is 6.07 Å². The van der Waals surface area contributed by atoms with Crippen LogP contribution in [0, 0.1) is 5.82 Å². The lowest BCUT2D eigenvalue weighted by molar-refractivity contribution is 0.121. The van der Waals surface area contributed by atoms with E-state index in [2.05, 4.69) is 21.2 Å². The smallest absolute Gasteiger partial charge is 0.137 e. The second-order valence-corrected chi connectivity index (χ2v) is 4.60. The molecule has 4 heteroatoms. The number of nitrogens with one attached hydrogen (secondary N) is 1. The maximum absolute atomic E-state index is 13.0. The highest BCUT2D eigenvalue weighted by Gasteiger charge is 2.23. The van der Waals surface area contributed by atoms with E-state index in [9.17, 15) is 4.39 Å². The van der Waals surface area contributed by atoms with Gasteiger partial charge in [0.1, 0.15) is 5.82 Å². The van der Waals surface area contributed by atoms with E-state index in [1.54, 1.807) is 12.1 Å². The van der Waals surface area contributed by atoms with Crippen molar-refractivity contribution in [1.29, 1.82) is 0 Å². The first kappa shape index (κ1) is 10.9. The van der Waals surface area contributed by atoms with Gasteiger partial charge >= 0.3 is 0 Å². The fourth-order valence-electron chi connectivity index (χ4n) is 1.72. The van der Waals surface area contributed by atoms with Crippen molar-refractivity contribution in [2.45, 2.75) is 25.5 Å². The Bertz CT molecular complexity index is 358. The molecule has 1 saturated heterocycles. The lowest BCUT2D eigenvalue weighted by Crippen LogP contribution is -2.26. The summed E-state index contributed by atoms with van der Waals surface area (Å²) in [5, 5.41) is 3.34. The summed E-state index contributed by atoms with van der Waals surface area (Å²) in [6, 6.07) is 5.26. The number of hydrogen-bond acceptors (Lipinski definition) is 2. The SMILES string of the molecule is C[C@H]1OCC[C@@H]1Nc1ccc(F)c(Br)c1. The van der Waals surface area contributed by atoms with Crippen molar-refractivity contribution < 1.29 is 9.13 Å². The zero-order valence-electron chi connectivity index (χ0n) is 8.47. The summed E-state index contributed by atoms with van der Waals surface area (Å²) in [7, 11) is 0. The summed E-state index contributed by atoms with van der Waals surface area (Å²) in [6.07, 6.45) is 1.21. The first-order valence-corrected chi connectivity index (χ1v) is 5.79. The van der Waals surface area contributed by atoms with Gasteiger partial charge in [0.2, 0.25) is 0 Å². The Labute approximate surface area is 96.9 Å². The second kappa shape index (κ2) is 4.49. The van der Waals surface area contributed by atoms with Crippen molar-refractivity contribution in [2.24, 2.45) is 0 Å². The molecule has 0 saturated carbocycles. The molecule has 82 valence electrons. The molecule has 1 aromatic carbocycles. The van der Waals surface area contributed by atoms with Crippen LogP contribution >= 0.6 is 15.9 Å². The average Bonchev–Trinajstić information content (AvgIpc) is 2.59. The van der Waals surface area contributed by atoms with Crippen LogP contribution in [0.15, 0.2) is 22.7 Å². The zero-order chi connectivity index (χ0) is 10.8. The van der Waals surface area contributed by atoms with Gasteiger partial charge in [0.05, 0.1) is 16.6 Å². The normalized spacial score (nSPS) is 25.5. The maximum atomic E-state index is 13.0. The summed E-state index contributed by atoms with van der Waals surface area (Å²) in [6.45, 7) is 2.84. The first-order chi connectivity index (χ1) is 7.16. The first-order valence-electron chi connectivity index (χ1n) is 5.00. The molecule has 0 spiro atoms. The van der Waals surface area contributed by atoms with Crippen molar-refractivity contribution in [3.8, 4) is 0 Å². The molecule has 1 aromatic rings. The molecule has 0 amide bonds. The fraction of sp³-hybridized carbons (Fsp3) is 0.455. The molecular formula is C11H13BrFNO. The molecule has 0 radical (unpaired) electrons.